The Bertz CT molecular complexity index is 180. The smallest absolute Gasteiger partial charge is 0.0766 e. The van der Waals surface area contributed by atoms with Gasteiger partial charge in [-0.2, -0.15) is 0 Å². The van der Waals surface area contributed by atoms with Crippen molar-refractivity contribution in [2.24, 2.45) is 0 Å². The molecule has 1 unspecified atom stereocenters. The summed E-state index contributed by atoms with van der Waals surface area (Å²) < 4.78 is 0. The van der Waals surface area contributed by atoms with Gasteiger partial charge in [-0.25, -0.2) is 0 Å². The molecule has 0 aromatic heterocycles. The third-order valence-corrected chi connectivity index (χ3v) is 3.66. The van der Waals surface area contributed by atoms with E-state index in [0.29, 0.717) is 6.04 Å². The van der Waals surface area contributed by atoms with Crippen LogP contribution in [0.3, 0.4) is 0 Å². The summed E-state index contributed by atoms with van der Waals surface area (Å²) in [7, 11) is 2.17. The van der Waals surface area contributed by atoms with E-state index in [-0.39, 0.29) is 0 Å². The van der Waals surface area contributed by atoms with E-state index in [2.05, 4.69) is 31.1 Å². The molecule has 0 aromatic carbocycles. The van der Waals surface area contributed by atoms with Gasteiger partial charge in [0.1, 0.15) is 0 Å². The van der Waals surface area contributed by atoms with Crippen molar-refractivity contribution >= 4 is 0 Å². The summed E-state index contributed by atoms with van der Waals surface area (Å²) in [6.07, 6.45) is 4.18. The number of likely N-dealkylation sites (tertiary alicyclic amines) is 1. The number of piperidine rings is 1. The molecule has 0 aliphatic carbocycles. The normalized spacial score (nSPS) is 24.4. The molecule has 1 fully saturated rings. The monoisotopic (exact) mass is 214 g/mol. The molecular weight excluding hydrogens is 188 g/mol. The fraction of sp³-hybridized carbons (Fsp3) is 1.00. The number of hydrogen-bond acceptors (Lipinski definition) is 3. The van der Waals surface area contributed by atoms with E-state index < -0.39 is 5.60 Å². The number of hydrogen-bond donors (Lipinski definition) is 2. The predicted molar refractivity (Wildman–Crippen MR) is 64.1 cm³/mol. The largest absolute Gasteiger partial charge is 0.389 e. The third kappa shape index (κ3) is 4.09. The van der Waals surface area contributed by atoms with E-state index in [1.54, 1.807) is 0 Å². The quantitative estimate of drug-likeness (QED) is 0.722. The Morgan fingerprint density at radius 1 is 1.40 bits per heavy atom. The van der Waals surface area contributed by atoms with Crippen LogP contribution in [0.1, 0.15) is 39.5 Å². The molecule has 3 heteroatoms. The Morgan fingerprint density at radius 2 is 2.07 bits per heavy atom. The molecule has 1 aliphatic rings. The second-order valence-electron chi connectivity index (χ2n) is 4.91. The van der Waals surface area contributed by atoms with Gasteiger partial charge in [0.05, 0.1) is 5.60 Å². The average Bonchev–Trinajstić information content (AvgIpc) is 2.26. The molecule has 0 amide bonds. The summed E-state index contributed by atoms with van der Waals surface area (Å²) in [5, 5.41) is 13.7. The van der Waals surface area contributed by atoms with Gasteiger partial charge < -0.3 is 15.3 Å². The predicted octanol–water partition coefficient (Wildman–Crippen LogP) is 1.22. The van der Waals surface area contributed by atoms with Crippen molar-refractivity contribution in [1.29, 1.82) is 0 Å². The zero-order chi connectivity index (χ0) is 11.3. The van der Waals surface area contributed by atoms with Gasteiger partial charge in [-0.1, -0.05) is 13.8 Å². The van der Waals surface area contributed by atoms with Crippen LogP contribution in [0.25, 0.3) is 0 Å². The molecular formula is C12H26N2O. The van der Waals surface area contributed by atoms with Crippen molar-refractivity contribution in [3.8, 4) is 0 Å². The lowest BCUT2D eigenvalue weighted by Gasteiger charge is -2.33. The van der Waals surface area contributed by atoms with Crippen molar-refractivity contribution in [2.45, 2.75) is 51.2 Å². The van der Waals surface area contributed by atoms with E-state index in [0.717, 1.165) is 25.9 Å². The summed E-state index contributed by atoms with van der Waals surface area (Å²) in [5.41, 5.74) is -0.504. The van der Waals surface area contributed by atoms with E-state index in [1.807, 2.05) is 0 Å². The first-order valence-corrected chi connectivity index (χ1v) is 6.24. The maximum atomic E-state index is 10.1. The van der Waals surface area contributed by atoms with Crippen LogP contribution in [0.4, 0.5) is 0 Å². The molecule has 1 aliphatic heterocycles. The highest BCUT2D eigenvalue weighted by Gasteiger charge is 2.24. The minimum absolute atomic E-state index is 0.504. The fourth-order valence-electron chi connectivity index (χ4n) is 2.17. The van der Waals surface area contributed by atoms with Crippen LogP contribution in [0.5, 0.6) is 0 Å². The van der Waals surface area contributed by atoms with Gasteiger partial charge in [-0.15, -0.1) is 0 Å². The van der Waals surface area contributed by atoms with Crippen LogP contribution in [0.2, 0.25) is 0 Å². The van der Waals surface area contributed by atoms with Gasteiger partial charge >= 0.3 is 0 Å². The molecule has 1 heterocycles. The SMILES string of the molecule is CCC(O)(CC)CNC1CCCN(C)C1. The molecule has 3 nitrogen and oxygen atoms in total. The number of aliphatic hydroxyl groups is 1. The van der Waals surface area contributed by atoms with E-state index >= 15 is 0 Å². The van der Waals surface area contributed by atoms with Crippen LogP contribution in [-0.4, -0.2) is 48.3 Å². The lowest BCUT2D eigenvalue weighted by molar-refractivity contribution is 0.0272. The van der Waals surface area contributed by atoms with Gasteiger partial charge in [0.2, 0.25) is 0 Å². The molecule has 0 bridgehead atoms. The minimum atomic E-state index is -0.504. The molecule has 15 heavy (non-hydrogen) atoms. The zero-order valence-electron chi connectivity index (χ0n) is 10.4. The standard InChI is InChI=1S/C12H26N2O/c1-4-12(15,5-2)10-13-11-7-6-8-14(3)9-11/h11,13,15H,4-10H2,1-3H3. The van der Waals surface area contributed by atoms with Gasteiger partial charge in [-0.3, -0.25) is 0 Å². The molecule has 2 N–H and O–H groups in total. The zero-order valence-corrected chi connectivity index (χ0v) is 10.4. The topological polar surface area (TPSA) is 35.5 Å². The molecule has 1 atom stereocenters. The van der Waals surface area contributed by atoms with Crippen LogP contribution in [0, 0.1) is 0 Å². The Labute approximate surface area is 93.9 Å². The lowest BCUT2D eigenvalue weighted by Crippen LogP contribution is -2.49. The summed E-state index contributed by atoms with van der Waals surface area (Å²) in [6.45, 7) is 7.17. The Balaban J connectivity index is 2.29. The number of nitrogens with one attached hydrogen (secondary N) is 1. The first-order chi connectivity index (χ1) is 7.09. The van der Waals surface area contributed by atoms with Gasteiger partial charge in [0.25, 0.3) is 0 Å². The van der Waals surface area contributed by atoms with E-state index in [4.69, 9.17) is 0 Å². The van der Waals surface area contributed by atoms with E-state index in [1.165, 1.54) is 19.4 Å². The van der Waals surface area contributed by atoms with Crippen molar-refractivity contribution < 1.29 is 5.11 Å². The number of likely N-dealkylation sites (N-methyl/N-ethyl adjacent to an activating group) is 1. The average molecular weight is 214 g/mol. The molecule has 0 spiro atoms. The molecule has 0 aromatic rings. The first kappa shape index (κ1) is 12.9. The summed E-state index contributed by atoms with van der Waals surface area (Å²) >= 11 is 0. The highest BCUT2D eigenvalue weighted by Crippen LogP contribution is 2.15. The second kappa shape index (κ2) is 5.83. The van der Waals surface area contributed by atoms with Gasteiger partial charge in [0.15, 0.2) is 0 Å². The lowest BCUT2D eigenvalue weighted by atomic mass is 9.96. The molecule has 1 saturated heterocycles. The second-order valence-corrected chi connectivity index (χ2v) is 4.91. The fourth-order valence-corrected chi connectivity index (χ4v) is 2.17. The highest BCUT2D eigenvalue weighted by molar-refractivity contribution is 4.83. The van der Waals surface area contributed by atoms with Crippen molar-refractivity contribution in [3.05, 3.63) is 0 Å². The molecule has 90 valence electrons. The summed E-state index contributed by atoms with van der Waals surface area (Å²) in [5.74, 6) is 0. The van der Waals surface area contributed by atoms with E-state index in [9.17, 15) is 5.11 Å². The number of nitrogens with zero attached hydrogens (tertiary/aromatic N) is 1. The number of rotatable bonds is 5. The Morgan fingerprint density at radius 3 is 2.60 bits per heavy atom. The van der Waals surface area contributed by atoms with Crippen LogP contribution in [-0.2, 0) is 0 Å². The van der Waals surface area contributed by atoms with Crippen LogP contribution in [0.15, 0.2) is 0 Å². The Kier molecular flexibility index (Phi) is 5.03. The summed E-state index contributed by atoms with van der Waals surface area (Å²) in [6, 6.07) is 0.563. The van der Waals surface area contributed by atoms with Crippen LogP contribution >= 0.6 is 0 Å². The highest BCUT2D eigenvalue weighted by atomic mass is 16.3. The summed E-state index contributed by atoms with van der Waals surface area (Å²) in [4.78, 5) is 2.36. The molecule has 0 radical (unpaired) electrons. The van der Waals surface area contributed by atoms with Gasteiger partial charge in [0, 0.05) is 19.1 Å². The minimum Gasteiger partial charge on any atom is -0.389 e. The molecule has 0 saturated carbocycles. The van der Waals surface area contributed by atoms with Crippen molar-refractivity contribution in [1.82, 2.24) is 10.2 Å². The maximum absolute atomic E-state index is 10.1. The van der Waals surface area contributed by atoms with Gasteiger partial charge in [-0.05, 0) is 39.3 Å². The van der Waals surface area contributed by atoms with Crippen LogP contribution < -0.4 is 5.32 Å². The molecule has 1 rings (SSSR count). The van der Waals surface area contributed by atoms with Crippen molar-refractivity contribution in [2.75, 3.05) is 26.7 Å². The van der Waals surface area contributed by atoms with Crippen molar-refractivity contribution in [3.63, 3.8) is 0 Å². The Hall–Kier alpha value is -0.120. The third-order valence-electron chi connectivity index (χ3n) is 3.66. The first-order valence-electron chi connectivity index (χ1n) is 6.24. The maximum Gasteiger partial charge on any atom is 0.0766 e.